The number of morpholine rings is 1. The van der Waals surface area contributed by atoms with Crippen molar-refractivity contribution in [2.75, 3.05) is 18.0 Å². The molecule has 2 aliphatic heterocycles. The molecule has 3 rings (SSSR count). The third-order valence-electron chi connectivity index (χ3n) is 3.86. The molecule has 0 amide bonds. The Morgan fingerprint density at radius 2 is 2.00 bits per heavy atom. The highest BCUT2D eigenvalue weighted by atomic mass is 32.1. The Bertz CT molecular complexity index is 477. The summed E-state index contributed by atoms with van der Waals surface area (Å²) in [5.41, 5.74) is 9.28. The molecule has 0 radical (unpaired) electrons. The Balaban J connectivity index is 1.98. The first kappa shape index (κ1) is 11.9. The van der Waals surface area contributed by atoms with Gasteiger partial charge in [0.15, 0.2) is 0 Å². The van der Waals surface area contributed by atoms with E-state index in [2.05, 4.69) is 17.9 Å². The third kappa shape index (κ3) is 1.99. The standard InChI is InChI=1S/C14H18N2OS/c1-9-3-2-4-12(14(15)18)13(9)16-7-10-5-6-11(8-16)17-10/h2-4,10-11H,5-8H2,1H3,(H2,15,18). The molecule has 2 heterocycles. The largest absolute Gasteiger partial charge is 0.389 e. The van der Waals surface area contributed by atoms with Crippen LogP contribution in [-0.4, -0.2) is 30.3 Å². The summed E-state index contributed by atoms with van der Waals surface area (Å²) in [6.45, 7) is 4.03. The van der Waals surface area contributed by atoms with Gasteiger partial charge in [-0.1, -0.05) is 24.4 Å². The number of aryl methyl sites for hydroxylation is 1. The van der Waals surface area contributed by atoms with Crippen LogP contribution < -0.4 is 10.6 Å². The summed E-state index contributed by atoms with van der Waals surface area (Å²) in [4.78, 5) is 2.88. The summed E-state index contributed by atoms with van der Waals surface area (Å²) in [6, 6.07) is 6.15. The molecule has 0 aromatic heterocycles. The van der Waals surface area contributed by atoms with Gasteiger partial charge in [0.05, 0.1) is 17.9 Å². The molecule has 18 heavy (non-hydrogen) atoms. The van der Waals surface area contributed by atoms with Gasteiger partial charge >= 0.3 is 0 Å². The zero-order valence-corrected chi connectivity index (χ0v) is 11.4. The van der Waals surface area contributed by atoms with Crippen LogP contribution in [0.2, 0.25) is 0 Å². The van der Waals surface area contributed by atoms with Gasteiger partial charge in [-0.3, -0.25) is 0 Å². The highest BCUT2D eigenvalue weighted by molar-refractivity contribution is 7.80. The third-order valence-corrected chi connectivity index (χ3v) is 4.08. The van der Waals surface area contributed by atoms with Crippen LogP contribution in [0.4, 0.5) is 5.69 Å². The van der Waals surface area contributed by atoms with Gasteiger partial charge in [0.25, 0.3) is 0 Å². The van der Waals surface area contributed by atoms with E-state index >= 15 is 0 Å². The van der Waals surface area contributed by atoms with Crippen molar-refractivity contribution in [3.63, 3.8) is 0 Å². The summed E-state index contributed by atoms with van der Waals surface area (Å²) in [5.74, 6) is 0. The van der Waals surface area contributed by atoms with Crippen LogP contribution in [0.5, 0.6) is 0 Å². The number of anilines is 1. The first-order valence-electron chi connectivity index (χ1n) is 6.45. The number of fused-ring (bicyclic) bond motifs is 2. The molecule has 2 unspecified atom stereocenters. The fourth-order valence-electron chi connectivity index (χ4n) is 3.07. The van der Waals surface area contributed by atoms with Gasteiger partial charge in [-0.05, 0) is 31.4 Å². The molecular formula is C14H18N2OS. The lowest BCUT2D eigenvalue weighted by atomic mass is 10.1. The van der Waals surface area contributed by atoms with Gasteiger partial charge in [-0.15, -0.1) is 0 Å². The summed E-state index contributed by atoms with van der Waals surface area (Å²) in [6.07, 6.45) is 3.11. The minimum Gasteiger partial charge on any atom is -0.389 e. The molecule has 2 saturated heterocycles. The van der Waals surface area contributed by atoms with E-state index in [9.17, 15) is 0 Å². The Labute approximate surface area is 113 Å². The van der Waals surface area contributed by atoms with Crippen molar-refractivity contribution in [2.45, 2.75) is 32.0 Å². The molecule has 2 aliphatic rings. The maximum atomic E-state index is 5.88. The summed E-state index contributed by atoms with van der Waals surface area (Å²) in [5, 5.41) is 0. The molecule has 3 nitrogen and oxygen atoms in total. The van der Waals surface area contributed by atoms with Crippen LogP contribution in [0.3, 0.4) is 0 Å². The van der Waals surface area contributed by atoms with Crippen molar-refractivity contribution in [1.29, 1.82) is 0 Å². The average Bonchev–Trinajstić information content (AvgIpc) is 2.68. The van der Waals surface area contributed by atoms with Crippen LogP contribution in [0.1, 0.15) is 24.0 Å². The normalized spacial score (nSPS) is 26.4. The second kappa shape index (κ2) is 4.52. The maximum Gasteiger partial charge on any atom is 0.106 e. The van der Waals surface area contributed by atoms with Crippen molar-refractivity contribution >= 4 is 22.9 Å². The molecule has 2 atom stereocenters. The number of ether oxygens (including phenoxy) is 1. The highest BCUT2D eigenvalue weighted by Gasteiger charge is 2.34. The topological polar surface area (TPSA) is 38.5 Å². The number of hydrogen-bond donors (Lipinski definition) is 1. The summed E-state index contributed by atoms with van der Waals surface area (Å²) < 4.78 is 5.88. The molecule has 1 aromatic carbocycles. The minimum atomic E-state index is 0.377. The summed E-state index contributed by atoms with van der Waals surface area (Å²) in [7, 11) is 0. The molecular weight excluding hydrogens is 244 g/mol. The lowest BCUT2D eigenvalue weighted by Gasteiger charge is -2.36. The Kier molecular flexibility index (Phi) is 2.99. The molecule has 4 heteroatoms. The molecule has 1 aromatic rings. The SMILES string of the molecule is Cc1cccc(C(N)=S)c1N1CC2CCC(C1)O2. The van der Waals surface area contributed by atoms with Gasteiger partial charge in [0, 0.05) is 18.7 Å². The molecule has 2 bridgehead atoms. The second-order valence-electron chi connectivity index (χ2n) is 5.20. The smallest absolute Gasteiger partial charge is 0.106 e. The van der Waals surface area contributed by atoms with Crippen LogP contribution in [-0.2, 0) is 4.74 Å². The first-order chi connectivity index (χ1) is 8.65. The Hall–Kier alpha value is -1.13. The van der Waals surface area contributed by atoms with Crippen molar-refractivity contribution in [1.82, 2.24) is 0 Å². The molecule has 0 aliphatic carbocycles. The van der Waals surface area contributed by atoms with Gasteiger partial charge in [-0.2, -0.15) is 0 Å². The fourth-order valence-corrected chi connectivity index (χ4v) is 3.24. The van der Waals surface area contributed by atoms with E-state index in [-0.39, 0.29) is 0 Å². The number of nitrogens with two attached hydrogens (primary N) is 1. The fraction of sp³-hybridized carbons (Fsp3) is 0.500. The number of nitrogens with zero attached hydrogens (tertiary/aromatic N) is 1. The van der Waals surface area contributed by atoms with Gasteiger partial charge in [0.1, 0.15) is 4.99 Å². The van der Waals surface area contributed by atoms with E-state index in [4.69, 9.17) is 22.7 Å². The molecule has 0 saturated carbocycles. The highest BCUT2D eigenvalue weighted by Crippen LogP contribution is 2.33. The van der Waals surface area contributed by atoms with Crippen LogP contribution >= 0.6 is 12.2 Å². The number of benzene rings is 1. The van der Waals surface area contributed by atoms with Gasteiger partial charge < -0.3 is 15.4 Å². The van der Waals surface area contributed by atoms with Crippen molar-refractivity contribution in [3.8, 4) is 0 Å². The van der Waals surface area contributed by atoms with Crippen LogP contribution in [0.15, 0.2) is 18.2 Å². The van der Waals surface area contributed by atoms with E-state index in [0.29, 0.717) is 17.2 Å². The monoisotopic (exact) mass is 262 g/mol. The Morgan fingerprint density at radius 1 is 1.33 bits per heavy atom. The number of para-hydroxylation sites is 1. The van der Waals surface area contributed by atoms with E-state index in [1.807, 2.05) is 12.1 Å². The lowest BCUT2D eigenvalue weighted by molar-refractivity contribution is 0.0304. The molecule has 0 spiro atoms. The molecule has 2 fully saturated rings. The molecule has 2 N–H and O–H groups in total. The quantitative estimate of drug-likeness (QED) is 0.827. The van der Waals surface area contributed by atoms with Crippen LogP contribution in [0.25, 0.3) is 0 Å². The van der Waals surface area contributed by atoms with E-state index in [1.165, 1.54) is 24.1 Å². The minimum absolute atomic E-state index is 0.377. The average molecular weight is 262 g/mol. The van der Waals surface area contributed by atoms with Crippen molar-refractivity contribution in [2.24, 2.45) is 5.73 Å². The first-order valence-corrected chi connectivity index (χ1v) is 6.86. The predicted octanol–water partition coefficient (Wildman–Crippen LogP) is 2.00. The number of rotatable bonds is 2. The number of thiocarbonyl (C=S) groups is 1. The second-order valence-corrected chi connectivity index (χ2v) is 5.64. The van der Waals surface area contributed by atoms with E-state index in [0.717, 1.165) is 18.7 Å². The van der Waals surface area contributed by atoms with E-state index < -0.39 is 0 Å². The Morgan fingerprint density at radius 3 is 2.61 bits per heavy atom. The predicted molar refractivity (Wildman–Crippen MR) is 77.2 cm³/mol. The lowest BCUT2D eigenvalue weighted by Crippen LogP contribution is -2.43. The van der Waals surface area contributed by atoms with Crippen molar-refractivity contribution < 1.29 is 4.74 Å². The zero-order chi connectivity index (χ0) is 12.7. The van der Waals surface area contributed by atoms with Gasteiger partial charge in [0.2, 0.25) is 0 Å². The molecule has 96 valence electrons. The zero-order valence-electron chi connectivity index (χ0n) is 10.6. The van der Waals surface area contributed by atoms with Gasteiger partial charge in [-0.25, -0.2) is 0 Å². The van der Waals surface area contributed by atoms with Crippen LogP contribution in [0, 0.1) is 6.92 Å². The van der Waals surface area contributed by atoms with E-state index in [1.54, 1.807) is 0 Å². The summed E-state index contributed by atoms with van der Waals surface area (Å²) >= 11 is 5.17. The van der Waals surface area contributed by atoms with Crippen molar-refractivity contribution in [3.05, 3.63) is 29.3 Å². The maximum absolute atomic E-state index is 5.88. The number of hydrogen-bond acceptors (Lipinski definition) is 3.